The van der Waals surface area contributed by atoms with E-state index < -0.39 is 5.76 Å². The normalized spacial score (nSPS) is 22.4. The SMILES string of the molecule is Cc1c(N2CC[C@@H](C3(N)CC3)C2)c(F)cc2cc(-c3n[nH]c(=O)o3)c(=O)n(C3CC3)c12. The van der Waals surface area contributed by atoms with Crippen LogP contribution in [0.4, 0.5) is 10.1 Å². The van der Waals surface area contributed by atoms with E-state index in [0.29, 0.717) is 17.0 Å². The van der Waals surface area contributed by atoms with Gasteiger partial charge in [0.1, 0.15) is 11.4 Å². The van der Waals surface area contributed by atoms with Gasteiger partial charge in [-0.2, -0.15) is 0 Å². The van der Waals surface area contributed by atoms with Crippen LogP contribution in [0.3, 0.4) is 0 Å². The zero-order valence-corrected chi connectivity index (χ0v) is 17.3. The molecule has 3 heterocycles. The molecule has 2 aliphatic carbocycles. The average Bonchev–Trinajstić information content (AvgIpc) is 3.61. The fraction of sp³-hybridized carbons (Fsp3) is 0.500. The van der Waals surface area contributed by atoms with E-state index in [1.165, 1.54) is 6.07 Å². The molecule has 3 fully saturated rings. The molecular weight excluding hydrogens is 401 g/mol. The smallest absolute Gasteiger partial charge is 0.388 e. The first-order chi connectivity index (χ1) is 14.9. The Bertz CT molecular complexity index is 1330. The van der Waals surface area contributed by atoms with Crippen molar-refractivity contribution in [1.29, 1.82) is 0 Å². The summed E-state index contributed by atoms with van der Waals surface area (Å²) in [6, 6.07) is 3.11. The number of anilines is 1. The Morgan fingerprint density at radius 2 is 2.03 bits per heavy atom. The minimum Gasteiger partial charge on any atom is -0.388 e. The molecule has 8 nitrogen and oxygen atoms in total. The van der Waals surface area contributed by atoms with E-state index in [0.717, 1.165) is 56.3 Å². The second-order valence-electron chi connectivity index (χ2n) is 9.32. The number of aromatic nitrogens is 3. The van der Waals surface area contributed by atoms with Crippen molar-refractivity contribution in [2.24, 2.45) is 11.7 Å². The van der Waals surface area contributed by atoms with Crippen LogP contribution in [0.25, 0.3) is 22.4 Å². The minimum atomic E-state index is -0.734. The number of aryl methyl sites for hydroxylation is 1. The number of nitrogens with two attached hydrogens (primary N) is 1. The van der Waals surface area contributed by atoms with Gasteiger partial charge < -0.3 is 19.6 Å². The first-order valence-corrected chi connectivity index (χ1v) is 10.8. The Hall–Kier alpha value is -2.94. The molecule has 0 radical (unpaired) electrons. The van der Waals surface area contributed by atoms with E-state index in [2.05, 4.69) is 15.1 Å². The van der Waals surface area contributed by atoms with Crippen molar-refractivity contribution in [3.8, 4) is 11.5 Å². The number of pyridine rings is 1. The topological polar surface area (TPSA) is 110 Å². The Balaban J connectivity index is 1.53. The molecule has 3 N–H and O–H groups in total. The molecule has 1 saturated heterocycles. The van der Waals surface area contributed by atoms with Crippen LogP contribution in [-0.2, 0) is 0 Å². The molecule has 1 aromatic carbocycles. The lowest BCUT2D eigenvalue weighted by Crippen LogP contribution is -2.35. The monoisotopic (exact) mass is 425 g/mol. The summed E-state index contributed by atoms with van der Waals surface area (Å²) in [5.41, 5.74) is 8.27. The lowest BCUT2D eigenvalue weighted by atomic mass is 9.97. The molecule has 0 unspecified atom stereocenters. The van der Waals surface area contributed by atoms with Gasteiger partial charge in [-0.1, -0.05) is 0 Å². The molecule has 3 aliphatic rings. The number of fused-ring (bicyclic) bond motifs is 1. The average molecular weight is 425 g/mol. The lowest BCUT2D eigenvalue weighted by molar-refractivity contribution is 0.442. The highest BCUT2D eigenvalue weighted by Gasteiger charge is 2.48. The second-order valence-corrected chi connectivity index (χ2v) is 9.32. The fourth-order valence-electron chi connectivity index (χ4n) is 5.21. The summed E-state index contributed by atoms with van der Waals surface area (Å²) < 4.78 is 22.2. The minimum absolute atomic E-state index is 0.0581. The number of H-pyrrole nitrogens is 1. The third kappa shape index (κ3) is 2.86. The predicted octanol–water partition coefficient (Wildman–Crippen LogP) is 2.44. The molecule has 162 valence electrons. The third-order valence-electron chi connectivity index (χ3n) is 7.21. The predicted molar refractivity (Wildman–Crippen MR) is 114 cm³/mol. The molecule has 1 atom stereocenters. The van der Waals surface area contributed by atoms with Crippen LogP contribution < -0.4 is 21.9 Å². The molecule has 2 aromatic heterocycles. The van der Waals surface area contributed by atoms with E-state index in [-0.39, 0.29) is 34.4 Å². The van der Waals surface area contributed by atoms with Crippen LogP contribution >= 0.6 is 0 Å². The summed E-state index contributed by atoms with van der Waals surface area (Å²) in [5.74, 6) is -0.754. The van der Waals surface area contributed by atoms with Crippen LogP contribution in [0.1, 0.15) is 43.7 Å². The number of hydrogen-bond acceptors (Lipinski definition) is 6. The molecule has 9 heteroatoms. The Morgan fingerprint density at radius 3 is 2.68 bits per heavy atom. The maximum Gasteiger partial charge on any atom is 0.434 e. The van der Waals surface area contributed by atoms with Crippen molar-refractivity contribution in [3.05, 3.63) is 44.4 Å². The zero-order valence-electron chi connectivity index (χ0n) is 17.3. The van der Waals surface area contributed by atoms with Crippen LogP contribution in [0.2, 0.25) is 0 Å². The van der Waals surface area contributed by atoms with Crippen LogP contribution in [-0.4, -0.2) is 33.4 Å². The largest absolute Gasteiger partial charge is 0.434 e. The number of hydrogen-bond donors (Lipinski definition) is 2. The summed E-state index contributed by atoms with van der Waals surface area (Å²) in [4.78, 5) is 26.8. The summed E-state index contributed by atoms with van der Waals surface area (Å²) in [5, 5.41) is 6.59. The van der Waals surface area contributed by atoms with Crippen LogP contribution in [0.15, 0.2) is 26.1 Å². The van der Waals surface area contributed by atoms with Crippen LogP contribution in [0, 0.1) is 18.7 Å². The van der Waals surface area contributed by atoms with Gasteiger partial charge in [-0.25, -0.2) is 14.3 Å². The number of halogens is 1. The Morgan fingerprint density at radius 1 is 1.26 bits per heavy atom. The van der Waals surface area contributed by atoms with Gasteiger partial charge in [-0.15, -0.1) is 5.10 Å². The molecule has 3 aromatic rings. The highest BCUT2D eigenvalue weighted by molar-refractivity contribution is 5.90. The molecular formula is C22H24FN5O3. The van der Waals surface area contributed by atoms with Gasteiger partial charge in [0.2, 0.25) is 0 Å². The summed E-state index contributed by atoms with van der Waals surface area (Å²) in [6.45, 7) is 3.39. The van der Waals surface area contributed by atoms with Gasteiger partial charge in [0, 0.05) is 30.1 Å². The van der Waals surface area contributed by atoms with Crippen molar-refractivity contribution in [3.63, 3.8) is 0 Å². The van der Waals surface area contributed by atoms with E-state index in [4.69, 9.17) is 10.2 Å². The first-order valence-electron chi connectivity index (χ1n) is 10.8. The molecule has 2 saturated carbocycles. The summed E-state index contributed by atoms with van der Waals surface area (Å²) in [6.07, 6.45) is 4.81. The quantitative estimate of drug-likeness (QED) is 0.664. The molecule has 31 heavy (non-hydrogen) atoms. The number of benzene rings is 1. The zero-order chi connectivity index (χ0) is 21.5. The van der Waals surface area contributed by atoms with Gasteiger partial charge in [0.25, 0.3) is 11.4 Å². The molecule has 1 aliphatic heterocycles. The van der Waals surface area contributed by atoms with Crippen molar-refractivity contribution < 1.29 is 8.81 Å². The number of nitrogens with zero attached hydrogens (tertiary/aromatic N) is 3. The number of nitrogens with one attached hydrogen (secondary N) is 1. The number of rotatable bonds is 4. The van der Waals surface area contributed by atoms with Gasteiger partial charge in [0.15, 0.2) is 0 Å². The van der Waals surface area contributed by atoms with Gasteiger partial charge in [-0.05, 0) is 62.6 Å². The van der Waals surface area contributed by atoms with E-state index in [9.17, 15) is 9.59 Å². The van der Waals surface area contributed by atoms with Gasteiger partial charge in [0.05, 0.1) is 11.2 Å². The van der Waals surface area contributed by atoms with E-state index >= 15 is 4.39 Å². The Kier molecular flexibility index (Phi) is 3.81. The molecule has 0 bridgehead atoms. The number of aromatic amines is 1. The van der Waals surface area contributed by atoms with Crippen molar-refractivity contribution in [2.75, 3.05) is 18.0 Å². The lowest BCUT2D eigenvalue weighted by Gasteiger charge is -2.25. The Labute approximate surface area is 176 Å². The highest BCUT2D eigenvalue weighted by Crippen LogP contribution is 2.46. The molecule has 0 spiro atoms. The molecule has 0 amide bonds. The van der Waals surface area contributed by atoms with Crippen molar-refractivity contribution in [2.45, 2.75) is 50.6 Å². The maximum absolute atomic E-state index is 15.4. The van der Waals surface area contributed by atoms with E-state index in [1.807, 2.05) is 6.92 Å². The second kappa shape index (κ2) is 6.29. The standard InChI is InChI=1S/C22H24FN5O3/c1-11-17-12(9-16(23)18(11)27-7-4-13(10-27)22(24)5-6-22)8-15(19-25-26-21(30)31-19)20(29)28(17)14-2-3-14/h8-9,13-14H,2-7,10,24H2,1H3,(H,26,30)/t13-/m1/s1. The first kappa shape index (κ1) is 18.8. The maximum atomic E-state index is 15.4. The van der Waals surface area contributed by atoms with E-state index in [1.54, 1.807) is 10.6 Å². The third-order valence-corrected chi connectivity index (χ3v) is 7.21. The van der Waals surface area contributed by atoms with Crippen molar-refractivity contribution in [1.82, 2.24) is 14.8 Å². The van der Waals surface area contributed by atoms with Crippen molar-refractivity contribution >= 4 is 16.6 Å². The molecule has 6 rings (SSSR count). The highest BCUT2D eigenvalue weighted by atomic mass is 19.1. The fourth-order valence-corrected chi connectivity index (χ4v) is 5.21. The van der Waals surface area contributed by atoms with Crippen LogP contribution in [0.5, 0.6) is 0 Å². The van der Waals surface area contributed by atoms with Gasteiger partial charge >= 0.3 is 5.76 Å². The summed E-state index contributed by atoms with van der Waals surface area (Å²) in [7, 11) is 0. The van der Waals surface area contributed by atoms with Gasteiger partial charge in [-0.3, -0.25) is 4.79 Å². The summed E-state index contributed by atoms with van der Waals surface area (Å²) >= 11 is 0.